The van der Waals surface area contributed by atoms with Crippen LogP contribution in [0.5, 0.6) is 11.5 Å². The van der Waals surface area contributed by atoms with Crippen LogP contribution in [0, 0.1) is 0 Å². The number of rotatable bonds is 4. The molecule has 1 heterocycles. The van der Waals surface area contributed by atoms with E-state index in [-0.39, 0.29) is 0 Å². The molecule has 0 N–H and O–H groups in total. The molecule has 0 amide bonds. The Labute approximate surface area is 103 Å². The van der Waals surface area contributed by atoms with E-state index in [1.165, 1.54) is 13.4 Å². The Bertz CT molecular complexity index is 533. The lowest BCUT2D eigenvalue weighted by atomic mass is 10.2. The minimum Gasteiger partial charge on any atom is -0.493 e. The van der Waals surface area contributed by atoms with Gasteiger partial charge in [0.05, 0.1) is 19.2 Å². The van der Waals surface area contributed by atoms with Crippen molar-refractivity contribution in [1.29, 1.82) is 0 Å². The summed E-state index contributed by atoms with van der Waals surface area (Å²) in [6, 6.07) is 3.41. The highest BCUT2D eigenvalue weighted by Gasteiger charge is 2.11. The van der Waals surface area contributed by atoms with Crippen molar-refractivity contribution in [3.05, 3.63) is 23.6 Å². The Hall–Kier alpha value is -1.59. The standard InChI is InChI=1S/C11H11ClN2O3/c1-3-16-17-10-5-8-7(4-9(10)15-2)11(12)14-6-13-8/h4-6H,3H2,1-2H3. The summed E-state index contributed by atoms with van der Waals surface area (Å²) in [5, 5.41) is 1.08. The highest BCUT2D eigenvalue weighted by Crippen LogP contribution is 2.33. The second-order valence-corrected chi connectivity index (χ2v) is 3.53. The second-order valence-electron chi connectivity index (χ2n) is 3.17. The number of benzene rings is 1. The van der Waals surface area contributed by atoms with E-state index in [0.29, 0.717) is 34.2 Å². The van der Waals surface area contributed by atoms with Crippen LogP contribution in [0.25, 0.3) is 10.9 Å². The lowest BCUT2D eigenvalue weighted by molar-refractivity contribution is -0.202. The minimum atomic E-state index is 0.372. The van der Waals surface area contributed by atoms with E-state index in [1.54, 1.807) is 12.1 Å². The van der Waals surface area contributed by atoms with Gasteiger partial charge in [0.15, 0.2) is 5.75 Å². The van der Waals surface area contributed by atoms with Crippen molar-refractivity contribution in [2.24, 2.45) is 0 Å². The first kappa shape index (κ1) is 11.9. The molecule has 0 unspecified atom stereocenters. The molecular weight excluding hydrogens is 244 g/mol. The highest BCUT2D eigenvalue weighted by atomic mass is 35.5. The lowest BCUT2D eigenvalue weighted by Crippen LogP contribution is -1.99. The highest BCUT2D eigenvalue weighted by molar-refractivity contribution is 6.34. The van der Waals surface area contributed by atoms with Crippen LogP contribution in [-0.4, -0.2) is 23.7 Å². The second kappa shape index (κ2) is 5.16. The smallest absolute Gasteiger partial charge is 0.209 e. The number of hydrogen-bond acceptors (Lipinski definition) is 5. The van der Waals surface area contributed by atoms with Gasteiger partial charge in [-0.15, -0.1) is 0 Å². The van der Waals surface area contributed by atoms with Crippen LogP contribution in [0.15, 0.2) is 18.5 Å². The zero-order chi connectivity index (χ0) is 12.3. The van der Waals surface area contributed by atoms with Crippen molar-refractivity contribution < 1.29 is 14.5 Å². The van der Waals surface area contributed by atoms with Gasteiger partial charge in [-0.1, -0.05) is 11.6 Å². The molecule has 0 aliphatic carbocycles. The predicted molar refractivity (Wildman–Crippen MR) is 63.4 cm³/mol. The van der Waals surface area contributed by atoms with Crippen molar-refractivity contribution in [2.45, 2.75) is 6.92 Å². The molecule has 90 valence electrons. The third kappa shape index (κ3) is 2.40. The molecular formula is C11H11ClN2O3. The normalized spacial score (nSPS) is 10.5. The predicted octanol–water partition coefficient (Wildman–Crippen LogP) is 2.62. The Morgan fingerprint density at radius 2 is 2.06 bits per heavy atom. The number of methoxy groups -OCH3 is 1. The SMILES string of the molecule is CCOOc1cc2ncnc(Cl)c2cc1OC. The molecule has 0 spiro atoms. The summed E-state index contributed by atoms with van der Waals surface area (Å²) in [7, 11) is 1.54. The number of fused-ring (bicyclic) bond motifs is 1. The van der Waals surface area contributed by atoms with Crippen LogP contribution in [-0.2, 0) is 4.89 Å². The van der Waals surface area contributed by atoms with Crippen LogP contribution in [0.2, 0.25) is 5.15 Å². The molecule has 0 aliphatic rings. The van der Waals surface area contributed by atoms with Gasteiger partial charge in [-0.3, -0.25) is 0 Å². The van der Waals surface area contributed by atoms with Crippen LogP contribution in [0.1, 0.15) is 6.92 Å². The van der Waals surface area contributed by atoms with Gasteiger partial charge in [0.2, 0.25) is 5.75 Å². The van der Waals surface area contributed by atoms with Crippen LogP contribution in [0.4, 0.5) is 0 Å². The van der Waals surface area contributed by atoms with E-state index < -0.39 is 0 Å². The zero-order valence-corrected chi connectivity index (χ0v) is 10.2. The molecule has 2 rings (SSSR count). The van der Waals surface area contributed by atoms with E-state index in [2.05, 4.69) is 9.97 Å². The summed E-state index contributed by atoms with van der Waals surface area (Å²) < 4.78 is 5.19. The largest absolute Gasteiger partial charge is 0.493 e. The van der Waals surface area contributed by atoms with Crippen LogP contribution < -0.4 is 9.62 Å². The average Bonchev–Trinajstić information content (AvgIpc) is 2.36. The summed E-state index contributed by atoms with van der Waals surface area (Å²) in [6.45, 7) is 2.26. The third-order valence-electron chi connectivity index (χ3n) is 2.14. The van der Waals surface area contributed by atoms with Gasteiger partial charge in [-0.05, 0) is 13.0 Å². The maximum Gasteiger partial charge on any atom is 0.209 e. The van der Waals surface area contributed by atoms with Crippen molar-refractivity contribution >= 4 is 22.5 Å². The van der Waals surface area contributed by atoms with E-state index in [4.69, 9.17) is 26.1 Å². The van der Waals surface area contributed by atoms with Crippen molar-refractivity contribution in [3.8, 4) is 11.5 Å². The van der Waals surface area contributed by atoms with Gasteiger partial charge in [0.1, 0.15) is 11.5 Å². The molecule has 1 aromatic heterocycles. The summed E-state index contributed by atoms with van der Waals surface area (Å²) >= 11 is 5.96. The van der Waals surface area contributed by atoms with Crippen molar-refractivity contribution in [2.75, 3.05) is 13.7 Å². The van der Waals surface area contributed by atoms with Gasteiger partial charge >= 0.3 is 0 Å². The maximum atomic E-state index is 5.96. The quantitative estimate of drug-likeness (QED) is 0.477. The van der Waals surface area contributed by atoms with E-state index in [0.717, 1.165) is 0 Å². The van der Waals surface area contributed by atoms with Gasteiger partial charge < -0.3 is 9.62 Å². The molecule has 17 heavy (non-hydrogen) atoms. The van der Waals surface area contributed by atoms with Crippen molar-refractivity contribution in [1.82, 2.24) is 9.97 Å². The maximum absolute atomic E-state index is 5.96. The first-order valence-corrected chi connectivity index (χ1v) is 5.41. The molecule has 0 atom stereocenters. The fourth-order valence-corrected chi connectivity index (χ4v) is 1.57. The molecule has 0 saturated heterocycles. The minimum absolute atomic E-state index is 0.372. The van der Waals surface area contributed by atoms with E-state index in [1.807, 2.05) is 6.92 Å². The van der Waals surface area contributed by atoms with Gasteiger partial charge in [-0.2, -0.15) is 4.89 Å². The first-order chi connectivity index (χ1) is 8.26. The number of hydrogen-bond donors (Lipinski definition) is 0. The van der Waals surface area contributed by atoms with E-state index in [9.17, 15) is 0 Å². The molecule has 1 aromatic carbocycles. The number of ether oxygens (including phenoxy) is 1. The summed E-state index contributed by atoms with van der Waals surface area (Å²) in [5.74, 6) is 0.972. The fourth-order valence-electron chi connectivity index (χ4n) is 1.38. The van der Waals surface area contributed by atoms with E-state index >= 15 is 0 Å². The molecule has 0 aliphatic heterocycles. The van der Waals surface area contributed by atoms with Gasteiger partial charge in [-0.25, -0.2) is 9.97 Å². The van der Waals surface area contributed by atoms with Crippen LogP contribution >= 0.6 is 11.6 Å². The number of nitrogens with zero attached hydrogens (tertiary/aromatic N) is 2. The van der Waals surface area contributed by atoms with Gasteiger partial charge in [0.25, 0.3) is 0 Å². The molecule has 0 radical (unpaired) electrons. The summed E-state index contributed by atoms with van der Waals surface area (Å²) in [5.41, 5.74) is 0.667. The number of halogens is 1. The average molecular weight is 255 g/mol. The third-order valence-corrected chi connectivity index (χ3v) is 2.44. The molecule has 6 heteroatoms. The van der Waals surface area contributed by atoms with Gasteiger partial charge in [0, 0.05) is 11.5 Å². The lowest BCUT2D eigenvalue weighted by Gasteiger charge is -2.09. The molecule has 0 fully saturated rings. The molecule has 5 nitrogen and oxygen atoms in total. The zero-order valence-electron chi connectivity index (χ0n) is 9.44. The molecule has 0 bridgehead atoms. The molecule has 2 aromatic rings. The summed E-state index contributed by atoms with van der Waals surface area (Å²) in [4.78, 5) is 18.0. The number of aromatic nitrogens is 2. The Morgan fingerprint density at radius 3 is 2.76 bits per heavy atom. The first-order valence-electron chi connectivity index (χ1n) is 5.04. The Kier molecular flexibility index (Phi) is 3.61. The monoisotopic (exact) mass is 254 g/mol. The fraction of sp³-hybridized carbons (Fsp3) is 0.273. The topological polar surface area (TPSA) is 53.5 Å². The summed E-state index contributed by atoms with van der Waals surface area (Å²) in [6.07, 6.45) is 1.39. The van der Waals surface area contributed by atoms with Crippen molar-refractivity contribution in [3.63, 3.8) is 0 Å². The van der Waals surface area contributed by atoms with Crippen LogP contribution in [0.3, 0.4) is 0 Å². The molecule has 0 saturated carbocycles. The Morgan fingerprint density at radius 1 is 1.24 bits per heavy atom. The Balaban J connectivity index is 2.52.